The lowest BCUT2D eigenvalue weighted by molar-refractivity contribution is -0.131. The summed E-state index contributed by atoms with van der Waals surface area (Å²) in [5.74, 6) is -1.80. The number of ether oxygens (including phenoxy) is 1. The number of alkyl carbamates (subject to hydrolysis) is 1. The summed E-state index contributed by atoms with van der Waals surface area (Å²) in [5, 5.41) is 18.0. The molecule has 242 valence electrons. The van der Waals surface area contributed by atoms with E-state index in [-0.39, 0.29) is 72.0 Å². The summed E-state index contributed by atoms with van der Waals surface area (Å²) >= 11 is 0. The molecule has 0 spiro atoms. The molecule has 46 heavy (non-hydrogen) atoms. The minimum atomic E-state index is -0.779. The van der Waals surface area contributed by atoms with Gasteiger partial charge in [0.05, 0.1) is 17.2 Å². The predicted octanol–water partition coefficient (Wildman–Crippen LogP) is 5.19. The van der Waals surface area contributed by atoms with Gasteiger partial charge in [0.1, 0.15) is 28.7 Å². The van der Waals surface area contributed by atoms with E-state index in [9.17, 15) is 24.0 Å². The fourth-order valence-corrected chi connectivity index (χ4v) is 5.20. The zero-order valence-electron chi connectivity index (χ0n) is 26.2. The topological polar surface area (TPSA) is 136 Å². The molecule has 4 rings (SSSR count). The van der Waals surface area contributed by atoms with Gasteiger partial charge < -0.3 is 25.6 Å². The molecule has 0 saturated carbocycles. The Morgan fingerprint density at radius 3 is 2.59 bits per heavy atom. The molecular formula is C34H38F2N6O4. The standard InChI is InChI=1S/C34H38F2N6O4/c1-34(2,3)46-33(45)39-16-14-29(43)42-17-7-11-25(42)21-40-32(44)27-19-28(36)30(26-12-5-4-9-23(26)20-37)41-31(27)38-15-13-22-8-6-10-24(35)18-22/h4-6,8-10,12,18-19,25H,7,11,13-17,21H2,1-3H3,(H,38,41)(H,39,45)(H,40,44)/t25-/m1/s1. The molecule has 1 saturated heterocycles. The Morgan fingerprint density at radius 2 is 1.85 bits per heavy atom. The first-order chi connectivity index (χ1) is 21.9. The molecule has 0 unspecified atom stereocenters. The van der Waals surface area contributed by atoms with Crippen LogP contribution in [0.3, 0.4) is 0 Å². The number of hydrogen-bond donors (Lipinski definition) is 3. The van der Waals surface area contributed by atoms with Crippen LogP contribution in [0.4, 0.5) is 19.4 Å². The van der Waals surface area contributed by atoms with Crippen molar-refractivity contribution in [2.75, 3.05) is 31.5 Å². The highest BCUT2D eigenvalue weighted by atomic mass is 19.1. The van der Waals surface area contributed by atoms with E-state index in [0.717, 1.165) is 18.1 Å². The van der Waals surface area contributed by atoms with Crippen LogP contribution in [-0.4, -0.2) is 65.6 Å². The first-order valence-corrected chi connectivity index (χ1v) is 15.2. The monoisotopic (exact) mass is 632 g/mol. The van der Waals surface area contributed by atoms with E-state index in [1.807, 2.05) is 6.07 Å². The maximum Gasteiger partial charge on any atom is 0.407 e. The second kappa shape index (κ2) is 15.3. The number of carbonyl (C=O) groups excluding carboxylic acids is 3. The fourth-order valence-electron chi connectivity index (χ4n) is 5.20. The summed E-state index contributed by atoms with van der Waals surface area (Å²) < 4.78 is 34.4. The summed E-state index contributed by atoms with van der Waals surface area (Å²) in [7, 11) is 0. The van der Waals surface area contributed by atoms with Crippen molar-refractivity contribution in [2.45, 2.75) is 58.1 Å². The van der Waals surface area contributed by atoms with Crippen molar-refractivity contribution in [3.8, 4) is 17.3 Å². The first-order valence-electron chi connectivity index (χ1n) is 15.2. The number of carbonyl (C=O) groups is 3. The van der Waals surface area contributed by atoms with Crippen molar-refractivity contribution < 1.29 is 27.9 Å². The van der Waals surface area contributed by atoms with E-state index in [0.29, 0.717) is 19.4 Å². The van der Waals surface area contributed by atoms with E-state index in [1.54, 1.807) is 62.1 Å². The third-order valence-electron chi connectivity index (χ3n) is 7.32. The minimum absolute atomic E-state index is 0.0487. The number of rotatable bonds is 11. The van der Waals surface area contributed by atoms with Crippen LogP contribution in [0.5, 0.6) is 0 Å². The number of anilines is 1. The molecule has 1 aliphatic rings. The van der Waals surface area contributed by atoms with Gasteiger partial charge in [0.15, 0.2) is 0 Å². The van der Waals surface area contributed by atoms with Gasteiger partial charge in [-0.1, -0.05) is 30.3 Å². The van der Waals surface area contributed by atoms with E-state index >= 15 is 4.39 Å². The molecule has 3 N–H and O–H groups in total. The lowest BCUT2D eigenvalue weighted by atomic mass is 10.0. The van der Waals surface area contributed by atoms with Crippen molar-refractivity contribution in [3.05, 3.63) is 82.9 Å². The Hall–Kier alpha value is -5.05. The number of halogens is 2. The zero-order valence-corrected chi connectivity index (χ0v) is 26.2. The van der Waals surface area contributed by atoms with Gasteiger partial charge in [-0.25, -0.2) is 18.6 Å². The van der Waals surface area contributed by atoms with Crippen LogP contribution in [0.1, 0.15) is 61.5 Å². The normalized spacial score (nSPS) is 14.3. The number of amides is 3. The van der Waals surface area contributed by atoms with Crippen LogP contribution in [0.2, 0.25) is 0 Å². The number of nitriles is 1. The van der Waals surface area contributed by atoms with Gasteiger partial charge in [-0.2, -0.15) is 5.26 Å². The number of hydrogen-bond acceptors (Lipinski definition) is 7. The second-order valence-electron chi connectivity index (χ2n) is 12.0. The smallest absolute Gasteiger partial charge is 0.407 e. The van der Waals surface area contributed by atoms with Gasteiger partial charge in [0.25, 0.3) is 5.91 Å². The molecule has 1 fully saturated rings. The van der Waals surface area contributed by atoms with Gasteiger partial charge in [-0.3, -0.25) is 9.59 Å². The third-order valence-corrected chi connectivity index (χ3v) is 7.32. The van der Waals surface area contributed by atoms with Gasteiger partial charge in [-0.05, 0) is 69.9 Å². The van der Waals surface area contributed by atoms with Crippen LogP contribution in [-0.2, 0) is 16.0 Å². The van der Waals surface area contributed by atoms with Crippen molar-refractivity contribution in [1.29, 1.82) is 5.26 Å². The molecular weight excluding hydrogens is 594 g/mol. The number of aromatic nitrogens is 1. The first kappa shape index (κ1) is 33.8. The van der Waals surface area contributed by atoms with Crippen molar-refractivity contribution in [3.63, 3.8) is 0 Å². The SMILES string of the molecule is CC(C)(C)OC(=O)NCCC(=O)N1CCC[C@@H]1CNC(=O)c1cc(F)c(-c2ccccc2C#N)nc1NCCc1cccc(F)c1. The summed E-state index contributed by atoms with van der Waals surface area (Å²) in [6.45, 7) is 6.28. The number of pyridine rings is 1. The van der Waals surface area contributed by atoms with Crippen LogP contribution >= 0.6 is 0 Å². The Labute approximate surface area is 267 Å². The van der Waals surface area contributed by atoms with Crippen molar-refractivity contribution >= 4 is 23.7 Å². The average Bonchev–Trinajstić information content (AvgIpc) is 3.48. The van der Waals surface area contributed by atoms with Crippen molar-refractivity contribution in [1.82, 2.24) is 20.5 Å². The lowest BCUT2D eigenvalue weighted by Gasteiger charge is -2.25. The molecule has 2 heterocycles. The number of likely N-dealkylation sites (tertiary alicyclic amines) is 1. The summed E-state index contributed by atoms with van der Waals surface area (Å²) in [5.41, 5.74) is 0.445. The molecule has 0 aliphatic carbocycles. The fraction of sp³-hybridized carbons (Fsp3) is 0.382. The average molecular weight is 633 g/mol. The third kappa shape index (κ3) is 9.23. The molecule has 0 bridgehead atoms. The number of nitrogens with zero attached hydrogens (tertiary/aromatic N) is 3. The van der Waals surface area contributed by atoms with Crippen LogP contribution in [0, 0.1) is 23.0 Å². The van der Waals surface area contributed by atoms with Crippen LogP contribution in [0.25, 0.3) is 11.3 Å². The molecule has 1 aliphatic heterocycles. The highest BCUT2D eigenvalue weighted by molar-refractivity contribution is 5.99. The van der Waals surface area contributed by atoms with E-state index in [2.05, 4.69) is 20.9 Å². The van der Waals surface area contributed by atoms with Crippen molar-refractivity contribution in [2.24, 2.45) is 0 Å². The Kier molecular flexibility index (Phi) is 11.2. The molecule has 1 atom stereocenters. The molecule has 2 aromatic carbocycles. The van der Waals surface area contributed by atoms with E-state index in [1.165, 1.54) is 12.1 Å². The van der Waals surface area contributed by atoms with E-state index < -0.39 is 23.4 Å². The second-order valence-corrected chi connectivity index (χ2v) is 12.0. The molecule has 3 aromatic rings. The molecule has 3 amide bonds. The lowest BCUT2D eigenvalue weighted by Crippen LogP contribution is -2.44. The highest BCUT2D eigenvalue weighted by Gasteiger charge is 2.29. The van der Waals surface area contributed by atoms with Gasteiger partial charge in [-0.15, -0.1) is 0 Å². The number of nitrogens with one attached hydrogen (secondary N) is 3. The molecule has 0 radical (unpaired) electrons. The van der Waals surface area contributed by atoms with E-state index in [4.69, 9.17) is 4.74 Å². The minimum Gasteiger partial charge on any atom is -0.444 e. The maximum atomic E-state index is 15.5. The maximum absolute atomic E-state index is 15.5. The predicted molar refractivity (Wildman–Crippen MR) is 169 cm³/mol. The summed E-state index contributed by atoms with van der Waals surface area (Å²) in [6, 6.07) is 15.4. The molecule has 1 aromatic heterocycles. The van der Waals surface area contributed by atoms with Gasteiger partial charge >= 0.3 is 6.09 Å². The Bertz CT molecular complexity index is 1620. The Morgan fingerprint density at radius 1 is 1.07 bits per heavy atom. The Balaban J connectivity index is 1.46. The van der Waals surface area contributed by atoms with Gasteiger partial charge in [0.2, 0.25) is 5.91 Å². The zero-order chi connectivity index (χ0) is 33.3. The summed E-state index contributed by atoms with van der Waals surface area (Å²) in [4.78, 5) is 44.4. The van der Waals surface area contributed by atoms with Crippen LogP contribution in [0.15, 0.2) is 54.6 Å². The largest absolute Gasteiger partial charge is 0.444 e. The quantitative estimate of drug-likeness (QED) is 0.265. The molecule has 10 nitrogen and oxygen atoms in total. The number of benzene rings is 2. The highest BCUT2D eigenvalue weighted by Crippen LogP contribution is 2.28. The summed E-state index contributed by atoms with van der Waals surface area (Å²) in [6.07, 6.45) is 1.30. The molecule has 12 heteroatoms. The van der Waals surface area contributed by atoms with Gasteiger partial charge in [0, 0.05) is 44.2 Å². The van der Waals surface area contributed by atoms with Crippen LogP contribution < -0.4 is 16.0 Å².